The summed E-state index contributed by atoms with van der Waals surface area (Å²) < 4.78 is 0. The van der Waals surface area contributed by atoms with E-state index in [1.165, 1.54) is 44.9 Å². The van der Waals surface area contributed by atoms with Gasteiger partial charge in [-0.2, -0.15) is 0 Å². The van der Waals surface area contributed by atoms with Gasteiger partial charge in [0.05, 0.1) is 11.7 Å². The molecule has 3 nitrogen and oxygen atoms in total. The third kappa shape index (κ3) is 10.2. The van der Waals surface area contributed by atoms with E-state index < -0.39 is 11.7 Å². The van der Waals surface area contributed by atoms with Crippen molar-refractivity contribution in [2.75, 3.05) is 0 Å². The van der Waals surface area contributed by atoms with Crippen LogP contribution in [0, 0.1) is 41.4 Å². The van der Waals surface area contributed by atoms with Gasteiger partial charge in [-0.05, 0) is 55.8 Å². The molecule has 190 valence electrons. The monoisotopic (exact) mass is 452 g/mol. The van der Waals surface area contributed by atoms with Gasteiger partial charge in [-0.25, -0.2) is 0 Å². The van der Waals surface area contributed by atoms with Crippen LogP contribution in [0.3, 0.4) is 0 Å². The zero-order valence-electron chi connectivity index (χ0n) is 22.7. The molecule has 0 radical (unpaired) electrons. The maximum absolute atomic E-state index is 12.8. The summed E-state index contributed by atoms with van der Waals surface area (Å²) in [6.07, 6.45) is 12.0. The Morgan fingerprint density at radius 1 is 0.812 bits per heavy atom. The number of carbonyl (C=O) groups is 1. The molecule has 3 heteroatoms. The van der Waals surface area contributed by atoms with Crippen molar-refractivity contribution in [3.05, 3.63) is 0 Å². The smallest absolute Gasteiger partial charge is 0.139 e. The van der Waals surface area contributed by atoms with Crippen molar-refractivity contribution < 1.29 is 15.0 Å². The lowest BCUT2D eigenvalue weighted by Gasteiger charge is -2.41. The van der Waals surface area contributed by atoms with Crippen LogP contribution in [0.15, 0.2) is 0 Å². The van der Waals surface area contributed by atoms with Crippen molar-refractivity contribution in [1.29, 1.82) is 0 Å². The molecule has 0 aliphatic heterocycles. The van der Waals surface area contributed by atoms with Crippen LogP contribution in [0.1, 0.15) is 126 Å². The summed E-state index contributed by atoms with van der Waals surface area (Å²) in [4.78, 5) is 12.8. The molecular weight excluding hydrogens is 396 g/mol. The minimum Gasteiger partial charge on any atom is -0.393 e. The van der Waals surface area contributed by atoms with Gasteiger partial charge in [-0.3, -0.25) is 4.79 Å². The van der Waals surface area contributed by atoms with E-state index in [4.69, 9.17) is 0 Å². The van der Waals surface area contributed by atoms with Crippen LogP contribution in [-0.2, 0) is 4.79 Å². The second-order valence-corrected chi connectivity index (χ2v) is 12.4. The number of rotatable bonds is 15. The van der Waals surface area contributed by atoms with E-state index in [1.54, 1.807) is 0 Å². The van der Waals surface area contributed by atoms with Crippen LogP contribution in [0.4, 0.5) is 0 Å². The second kappa shape index (κ2) is 14.1. The average Bonchev–Trinajstić information content (AvgIpc) is 2.70. The van der Waals surface area contributed by atoms with Crippen LogP contribution in [0.5, 0.6) is 0 Å². The van der Waals surface area contributed by atoms with Gasteiger partial charge in [0.2, 0.25) is 0 Å². The fourth-order valence-electron chi connectivity index (χ4n) is 5.67. The molecule has 1 saturated carbocycles. The van der Waals surface area contributed by atoms with Crippen LogP contribution in [-0.4, -0.2) is 27.7 Å². The number of carbonyl (C=O) groups excluding carboxylic acids is 1. The molecule has 0 spiro atoms. The average molecular weight is 453 g/mol. The summed E-state index contributed by atoms with van der Waals surface area (Å²) >= 11 is 0. The molecule has 0 bridgehead atoms. The molecule has 32 heavy (non-hydrogen) atoms. The SMILES string of the molecule is CC(C)CCCC(C)CCCC(C)CCC[C@@](C)(O)CCC1C(=O)C(C)C(C)C(O)C1C. The van der Waals surface area contributed by atoms with E-state index in [0.29, 0.717) is 18.8 Å². The van der Waals surface area contributed by atoms with E-state index >= 15 is 0 Å². The van der Waals surface area contributed by atoms with Crippen molar-refractivity contribution in [2.45, 2.75) is 138 Å². The summed E-state index contributed by atoms with van der Waals surface area (Å²) in [6, 6.07) is 0. The maximum atomic E-state index is 12.8. The Kier molecular flexibility index (Phi) is 13.0. The molecule has 1 fully saturated rings. The van der Waals surface area contributed by atoms with Gasteiger partial charge in [0.1, 0.15) is 5.78 Å². The lowest BCUT2D eigenvalue weighted by molar-refractivity contribution is -0.141. The van der Waals surface area contributed by atoms with Gasteiger partial charge < -0.3 is 10.2 Å². The predicted molar refractivity (Wildman–Crippen MR) is 137 cm³/mol. The molecule has 0 aromatic rings. The Labute approximate surface area is 200 Å². The third-order valence-electron chi connectivity index (χ3n) is 8.59. The highest BCUT2D eigenvalue weighted by molar-refractivity contribution is 5.84. The molecule has 1 aliphatic rings. The Bertz CT molecular complexity index is 526. The standard InChI is InChI=1S/C29H56O3/c1-20(2)12-9-13-21(3)14-10-15-22(4)16-11-18-29(8,32)19-17-26-25(7)27(30)23(5)24(6)28(26)31/h20-27,30,32H,9-19H2,1-8H3/t21?,22?,23?,24?,25?,26?,27?,29-/m1/s1. The van der Waals surface area contributed by atoms with E-state index in [-0.39, 0.29) is 29.5 Å². The van der Waals surface area contributed by atoms with Gasteiger partial charge in [0, 0.05) is 11.8 Å². The molecule has 0 saturated heterocycles. The first-order valence-corrected chi connectivity index (χ1v) is 13.8. The maximum Gasteiger partial charge on any atom is 0.139 e. The Balaban J connectivity index is 2.26. The van der Waals surface area contributed by atoms with Crippen LogP contribution in [0.25, 0.3) is 0 Å². The Morgan fingerprint density at radius 3 is 1.84 bits per heavy atom. The minimum atomic E-state index is -0.720. The number of Topliss-reactive ketones (excluding diaryl/α,β-unsaturated/α-hetero) is 1. The highest BCUT2D eigenvalue weighted by Crippen LogP contribution is 2.39. The van der Waals surface area contributed by atoms with Crippen molar-refractivity contribution >= 4 is 5.78 Å². The quantitative estimate of drug-likeness (QED) is 0.272. The van der Waals surface area contributed by atoms with E-state index in [1.807, 2.05) is 27.7 Å². The molecule has 0 heterocycles. The molecular formula is C29H56O3. The number of hydrogen-bond acceptors (Lipinski definition) is 3. The summed E-state index contributed by atoms with van der Waals surface area (Å²) in [7, 11) is 0. The fraction of sp³-hybridized carbons (Fsp3) is 0.966. The number of aliphatic hydroxyl groups excluding tert-OH is 1. The first kappa shape index (κ1) is 29.6. The highest BCUT2D eigenvalue weighted by Gasteiger charge is 2.43. The van der Waals surface area contributed by atoms with Gasteiger partial charge in [-0.15, -0.1) is 0 Å². The zero-order valence-corrected chi connectivity index (χ0v) is 22.7. The van der Waals surface area contributed by atoms with Crippen LogP contribution < -0.4 is 0 Å². The highest BCUT2D eigenvalue weighted by atomic mass is 16.3. The Morgan fingerprint density at radius 2 is 1.31 bits per heavy atom. The molecule has 1 aliphatic carbocycles. The van der Waals surface area contributed by atoms with Gasteiger partial charge >= 0.3 is 0 Å². The Hall–Kier alpha value is -0.410. The molecule has 1 rings (SSSR count). The second-order valence-electron chi connectivity index (χ2n) is 12.4. The van der Waals surface area contributed by atoms with Crippen LogP contribution >= 0.6 is 0 Å². The van der Waals surface area contributed by atoms with Gasteiger partial charge in [0.25, 0.3) is 0 Å². The first-order chi connectivity index (χ1) is 14.9. The summed E-state index contributed by atoms with van der Waals surface area (Å²) in [5.41, 5.74) is -0.720. The first-order valence-electron chi connectivity index (χ1n) is 13.8. The van der Waals surface area contributed by atoms with Gasteiger partial charge in [0.15, 0.2) is 0 Å². The van der Waals surface area contributed by atoms with Crippen molar-refractivity contribution in [3.8, 4) is 0 Å². The fourth-order valence-corrected chi connectivity index (χ4v) is 5.67. The summed E-state index contributed by atoms with van der Waals surface area (Å²) in [5.74, 6) is 2.46. The molecule has 0 aromatic carbocycles. The van der Waals surface area contributed by atoms with E-state index in [2.05, 4.69) is 27.7 Å². The lowest BCUT2D eigenvalue weighted by atomic mass is 9.65. The number of ketones is 1. The van der Waals surface area contributed by atoms with Crippen molar-refractivity contribution in [2.24, 2.45) is 41.4 Å². The largest absolute Gasteiger partial charge is 0.393 e. The molecule has 8 atom stereocenters. The van der Waals surface area contributed by atoms with E-state index in [9.17, 15) is 15.0 Å². The molecule has 0 amide bonds. The zero-order chi connectivity index (χ0) is 24.5. The third-order valence-corrected chi connectivity index (χ3v) is 8.59. The summed E-state index contributed by atoms with van der Waals surface area (Å²) in [6.45, 7) is 17.2. The minimum absolute atomic E-state index is 0.0164. The lowest BCUT2D eigenvalue weighted by Crippen LogP contribution is -2.47. The molecule has 2 N–H and O–H groups in total. The normalized spacial score (nSPS) is 30.3. The molecule has 0 aromatic heterocycles. The predicted octanol–water partition coefficient (Wildman–Crippen LogP) is 7.42. The van der Waals surface area contributed by atoms with Crippen molar-refractivity contribution in [1.82, 2.24) is 0 Å². The summed E-state index contributed by atoms with van der Waals surface area (Å²) in [5, 5.41) is 21.4. The number of aliphatic hydroxyl groups is 2. The van der Waals surface area contributed by atoms with Crippen molar-refractivity contribution in [3.63, 3.8) is 0 Å². The molecule has 7 unspecified atom stereocenters. The number of hydrogen-bond donors (Lipinski definition) is 2. The topological polar surface area (TPSA) is 57.5 Å². The van der Waals surface area contributed by atoms with Gasteiger partial charge in [-0.1, -0.05) is 99.8 Å². The van der Waals surface area contributed by atoms with E-state index in [0.717, 1.165) is 24.7 Å². The van der Waals surface area contributed by atoms with Crippen LogP contribution in [0.2, 0.25) is 0 Å².